The van der Waals surface area contributed by atoms with Gasteiger partial charge < -0.3 is 4.74 Å². The highest BCUT2D eigenvalue weighted by Crippen LogP contribution is 2.19. The number of allylic oxidation sites excluding steroid dienone is 1. The predicted molar refractivity (Wildman–Crippen MR) is 61.6 cm³/mol. The third kappa shape index (κ3) is 3.25. The van der Waals surface area contributed by atoms with Gasteiger partial charge in [0.05, 0.1) is 6.61 Å². The Morgan fingerprint density at radius 2 is 2.00 bits per heavy atom. The van der Waals surface area contributed by atoms with E-state index in [1.165, 1.54) is 5.56 Å². The van der Waals surface area contributed by atoms with Crippen molar-refractivity contribution in [1.29, 1.82) is 0 Å². The van der Waals surface area contributed by atoms with E-state index in [9.17, 15) is 0 Å². The molecule has 0 radical (unpaired) electrons. The molecule has 0 aromatic heterocycles. The van der Waals surface area contributed by atoms with Gasteiger partial charge in [0.15, 0.2) is 0 Å². The molecule has 1 heteroatoms. The second-order valence-electron chi connectivity index (χ2n) is 3.20. The van der Waals surface area contributed by atoms with E-state index in [1.54, 1.807) is 0 Å². The van der Waals surface area contributed by atoms with Gasteiger partial charge in [-0.15, -0.1) is 0 Å². The van der Waals surface area contributed by atoms with Crippen LogP contribution in [0.2, 0.25) is 0 Å². The highest BCUT2D eigenvalue weighted by molar-refractivity contribution is 5.56. The molecule has 14 heavy (non-hydrogen) atoms. The molecule has 0 unspecified atom stereocenters. The molecule has 0 aliphatic rings. The lowest BCUT2D eigenvalue weighted by Gasteiger charge is -2.07. The van der Waals surface area contributed by atoms with Crippen LogP contribution in [0.1, 0.15) is 32.3 Å². The molecule has 0 fully saturated rings. The van der Waals surface area contributed by atoms with Gasteiger partial charge in [0.1, 0.15) is 5.75 Å². The number of hydrogen-bond donors (Lipinski definition) is 0. The number of rotatable bonds is 5. The van der Waals surface area contributed by atoms with Gasteiger partial charge in [-0.2, -0.15) is 0 Å². The molecule has 0 bridgehead atoms. The van der Waals surface area contributed by atoms with Crippen molar-refractivity contribution >= 4 is 6.08 Å². The molecule has 0 aliphatic heterocycles. The van der Waals surface area contributed by atoms with E-state index in [-0.39, 0.29) is 0 Å². The number of hydrogen-bond acceptors (Lipinski definition) is 1. The van der Waals surface area contributed by atoms with Gasteiger partial charge in [0, 0.05) is 5.56 Å². The van der Waals surface area contributed by atoms with Crippen LogP contribution in [-0.4, -0.2) is 6.61 Å². The van der Waals surface area contributed by atoms with E-state index in [0.717, 1.165) is 25.2 Å². The summed E-state index contributed by atoms with van der Waals surface area (Å²) in [5.74, 6) is 0.985. The third-order valence-corrected chi connectivity index (χ3v) is 1.91. The fraction of sp³-hybridized carbons (Fsp3) is 0.385. The van der Waals surface area contributed by atoms with E-state index < -0.39 is 0 Å². The average Bonchev–Trinajstić information content (AvgIpc) is 2.24. The Labute approximate surface area is 86.4 Å². The highest BCUT2D eigenvalue weighted by atomic mass is 16.5. The molecule has 0 atom stereocenters. The minimum Gasteiger partial charge on any atom is -0.493 e. The van der Waals surface area contributed by atoms with Crippen molar-refractivity contribution in [1.82, 2.24) is 0 Å². The molecule has 1 rings (SSSR count). The molecule has 0 saturated heterocycles. The van der Waals surface area contributed by atoms with Crippen LogP contribution in [0.25, 0.3) is 6.08 Å². The monoisotopic (exact) mass is 190 g/mol. The van der Waals surface area contributed by atoms with E-state index in [0.29, 0.717) is 0 Å². The first-order valence-electron chi connectivity index (χ1n) is 5.26. The van der Waals surface area contributed by atoms with Gasteiger partial charge in [0.2, 0.25) is 0 Å². The first-order chi connectivity index (χ1) is 6.88. The van der Waals surface area contributed by atoms with E-state index in [2.05, 4.69) is 32.1 Å². The minimum atomic E-state index is 0.789. The molecule has 76 valence electrons. The van der Waals surface area contributed by atoms with Crippen molar-refractivity contribution in [3.63, 3.8) is 0 Å². The van der Waals surface area contributed by atoms with Crippen LogP contribution in [0, 0.1) is 0 Å². The van der Waals surface area contributed by atoms with Gasteiger partial charge in [-0.25, -0.2) is 0 Å². The van der Waals surface area contributed by atoms with Gasteiger partial charge in [-0.05, 0) is 18.9 Å². The largest absolute Gasteiger partial charge is 0.493 e. The van der Waals surface area contributed by atoms with E-state index in [4.69, 9.17) is 4.74 Å². The van der Waals surface area contributed by atoms with E-state index >= 15 is 0 Å². The maximum Gasteiger partial charge on any atom is 0.126 e. The van der Waals surface area contributed by atoms with Gasteiger partial charge in [-0.3, -0.25) is 0 Å². The van der Waals surface area contributed by atoms with Crippen molar-refractivity contribution in [3.8, 4) is 5.75 Å². The molecule has 0 aliphatic carbocycles. The van der Waals surface area contributed by atoms with Crippen LogP contribution in [0.3, 0.4) is 0 Å². The summed E-state index contributed by atoms with van der Waals surface area (Å²) >= 11 is 0. The zero-order chi connectivity index (χ0) is 10.2. The second-order valence-corrected chi connectivity index (χ2v) is 3.20. The summed E-state index contributed by atoms with van der Waals surface area (Å²) in [6.07, 6.45) is 6.37. The fourth-order valence-corrected chi connectivity index (χ4v) is 1.21. The Morgan fingerprint density at radius 3 is 2.71 bits per heavy atom. The van der Waals surface area contributed by atoms with Crippen molar-refractivity contribution in [2.45, 2.75) is 26.7 Å². The first-order valence-corrected chi connectivity index (χ1v) is 5.26. The van der Waals surface area contributed by atoms with Gasteiger partial charge in [0.25, 0.3) is 0 Å². The van der Waals surface area contributed by atoms with Crippen LogP contribution in [0.4, 0.5) is 0 Å². The summed E-state index contributed by atoms with van der Waals surface area (Å²) in [4.78, 5) is 0. The average molecular weight is 190 g/mol. The molecular weight excluding hydrogens is 172 g/mol. The van der Waals surface area contributed by atoms with Gasteiger partial charge >= 0.3 is 0 Å². The Bertz CT molecular complexity index is 289. The van der Waals surface area contributed by atoms with Crippen LogP contribution < -0.4 is 4.74 Å². The molecule has 1 aromatic rings. The summed E-state index contributed by atoms with van der Waals surface area (Å²) in [6.45, 7) is 5.04. The fourth-order valence-electron chi connectivity index (χ4n) is 1.21. The zero-order valence-electron chi connectivity index (χ0n) is 8.99. The quantitative estimate of drug-likeness (QED) is 0.684. The number of para-hydroxylation sites is 1. The minimum absolute atomic E-state index is 0.789. The summed E-state index contributed by atoms with van der Waals surface area (Å²) < 4.78 is 5.63. The van der Waals surface area contributed by atoms with Crippen LogP contribution in [0.15, 0.2) is 30.3 Å². The Hall–Kier alpha value is -1.24. The smallest absolute Gasteiger partial charge is 0.126 e. The SMILES string of the molecule is CC/C=C/c1ccccc1OCCC. The van der Waals surface area contributed by atoms with Crippen molar-refractivity contribution < 1.29 is 4.74 Å². The van der Waals surface area contributed by atoms with Crippen LogP contribution in [-0.2, 0) is 0 Å². The van der Waals surface area contributed by atoms with E-state index in [1.807, 2.05) is 18.2 Å². The molecular formula is C13H18O. The maximum atomic E-state index is 5.63. The predicted octanol–water partition coefficient (Wildman–Crippen LogP) is 3.90. The molecule has 0 saturated carbocycles. The highest BCUT2D eigenvalue weighted by Gasteiger charge is 1.97. The molecule has 1 aromatic carbocycles. The molecule has 1 nitrogen and oxygen atoms in total. The molecule has 0 amide bonds. The number of ether oxygens (including phenoxy) is 1. The molecule has 0 heterocycles. The Balaban J connectivity index is 2.74. The lowest BCUT2D eigenvalue weighted by Crippen LogP contribution is -1.96. The zero-order valence-corrected chi connectivity index (χ0v) is 8.99. The third-order valence-electron chi connectivity index (χ3n) is 1.91. The van der Waals surface area contributed by atoms with Crippen LogP contribution in [0.5, 0.6) is 5.75 Å². The topological polar surface area (TPSA) is 9.23 Å². The summed E-state index contributed by atoms with van der Waals surface area (Å²) in [5, 5.41) is 0. The molecule has 0 spiro atoms. The summed E-state index contributed by atoms with van der Waals surface area (Å²) in [6, 6.07) is 8.14. The molecule has 0 N–H and O–H groups in total. The first kappa shape index (κ1) is 10.8. The van der Waals surface area contributed by atoms with Crippen LogP contribution >= 0.6 is 0 Å². The maximum absolute atomic E-state index is 5.63. The lowest BCUT2D eigenvalue weighted by molar-refractivity contribution is 0.317. The van der Waals surface area contributed by atoms with Crippen molar-refractivity contribution in [3.05, 3.63) is 35.9 Å². The normalized spacial score (nSPS) is 10.7. The Morgan fingerprint density at radius 1 is 1.21 bits per heavy atom. The van der Waals surface area contributed by atoms with Crippen molar-refractivity contribution in [2.24, 2.45) is 0 Å². The lowest BCUT2D eigenvalue weighted by atomic mass is 10.2. The second kappa shape index (κ2) is 6.25. The summed E-state index contributed by atoms with van der Waals surface area (Å²) in [5.41, 5.74) is 1.17. The van der Waals surface area contributed by atoms with Gasteiger partial charge in [-0.1, -0.05) is 44.2 Å². The van der Waals surface area contributed by atoms with Crippen molar-refractivity contribution in [2.75, 3.05) is 6.61 Å². The standard InChI is InChI=1S/C13H18O/c1-3-5-8-12-9-6-7-10-13(12)14-11-4-2/h5-10H,3-4,11H2,1-2H3/b8-5+. The summed E-state index contributed by atoms with van der Waals surface area (Å²) in [7, 11) is 0. The number of benzene rings is 1. The Kier molecular flexibility index (Phi) is 4.84.